The van der Waals surface area contributed by atoms with E-state index in [1.165, 1.54) is 4.31 Å². The Hall–Kier alpha value is -1.51. The number of aromatic nitrogens is 1. The summed E-state index contributed by atoms with van der Waals surface area (Å²) in [4.78, 5) is 4.49. The van der Waals surface area contributed by atoms with E-state index in [1.54, 1.807) is 67.4 Å². The van der Waals surface area contributed by atoms with E-state index in [9.17, 15) is 8.42 Å². The first-order valence-electron chi connectivity index (χ1n) is 8.47. The molecule has 0 N–H and O–H groups in total. The van der Waals surface area contributed by atoms with Gasteiger partial charge in [0, 0.05) is 34.8 Å². The molecular formula is C19H16Cl2N2O3S2. The monoisotopic (exact) mass is 454 g/mol. The maximum atomic E-state index is 13.3. The quantitative estimate of drug-likeness (QED) is 0.528. The van der Waals surface area contributed by atoms with Gasteiger partial charge in [-0.3, -0.25) is 0 Å². The molecular weight excluding hydrogens is 439 g/mol. The van der Waals surface area contributed by atoms with Crippen LogP contribution in [0.4, 0.5) is 0 Å². The van der Waals surface area contributed by atoms with Crippen molar-refractivity contribution in [2.24, 2.45) is 0 Å². The number of halogens is 2. The van der Waals surface area contributed by atoms with Crippen LogP contribution in [0.15, 0.2) is 58.0 Å². The van der Waals surface area contributed by atoms with Gasteiger partial charge in [0.2, 0.25) is 10.0 Å². The van der Waals surface area contributed by atoms with Crippen LogP contribution in [0.2, 0.25) is 10.0 Å². The van der Waals surface area contributed by atoms with Gasteiger partial charge >= 0.3 is 0 Å². The van der Waals surface area contributed by atoms with Crippen molar-refractivity contribution in [1.29, 1.82) is 0 Å². The zero-order chi connectivity index (χ0) is 19.9. The van der Waals surface area contributed by atoms with Gasteiger partial charge in [0.05, 0.1) is 10.3 Å². The van der Waals surface area contributed by atoms with Crippen LogP contribution in [-0.4, -0.2) is 30.0 Å². The maximum absolute atomic E-state index is 13.3. The summed E-state index contributed by atoms with van der Waals surface area (Å²) in [5.74, 6) is 1.25. The van der Waals surface area contributed by atoms with Crippen molar-refractivity contribution in [2.45, 2.75) is 17.2 Å². The second-order valence-electron chi connectivity index (χ2n) is 6.28. The molecule has 4 rings (SSSR count). The Labute approximate surface area is 177 Å². The first-order chi connectivity index (χ1) is 13.4. The topological polar surface area (TPSA) is 63.4 Å². The highest BCUT2D eigenvalue weighted by Crippen LogP contribution is 2.44. The Morgan fingerprint density at radius 1 is 1.18 bits per heavy atom. The molecule has 1 aromatic heterocycles. The second-order valence-corrected chi connectivity index (χ2v) is 10.2. The molecule has 9 heteroatoms. The number of thioether (sulfide) groups is 1. The Balaban J connectivity index is 1.65. The van der Waals surface area contributed by atoms with E-state index in [1.807, 2.05) is 0 Å². The van der Waals surface area contributed by atoms with Gasteiger partial charge in [0.25, 0.3) is 0 Å². The van der Waals surface area contributed by atoms with Gasteiger partial charge in [0.15, 0.2) is 5.89 Å². The number of hydrogen-bond acceptors (Lipinski definition) is 5. The number of hydrogen-bond donors (Lipinski definition) is 0. The van der Waals surface area contributed by atoms with Crippen molar-refractivity contribution in [3.8, 4) is 11.3 Å². The van der Waals surface area contributed by atoms with E-state index in [-0.39, 0.29) is 10.3 Å². The van der Waals surface area contributed by atoms with E-state index in [2.05, 4.69) is 4.98 Å². The molecule has 1 fully saturated rings. The van der Waals surface area contributed by atoms with Crippen molar-refractivity contribution in [2.75, 3.05) is 12.3 Å². The lowest BCUT2D eigenvalue weighted by Gasteiger charge is -2.24. The second kappa shape index (κ2) is 7.72. The van der Waals surface area contributed by atoms with Gasteiger partial charge in [-0.25, -0.2) is 13.4 Å². The molecule has 0 saturated carbocycles. The van der Waals surface area contributed by atoms with Crippen LogP contribution in [0.25, 0.3) is 11.3 Å². The van der Waals surface area contributed by atoms with Crippen LogP contribution < -0.4 is 0 Å². The molecule has 146 valence electrons. The average molecular weight is 455 g/mol. The summed E-state index contributed by atoms with van der Waals surface area (Å²) in [6.45, 7) is 2.18. The standard InChI is InChI=1S/C19H16Cl2N2O3S2/c1-12-22-18(11-26-12)13-2-5-15(6-3-13)28(24,25)23-8-9-27-19(23)16-7-4-14(20)10-17(16)21/h2-7,10-11,19H,8-9H2,1H3. The molecule has 0 amide bonds. The van der Waals surface area contributed by atoms with Gasteiger partial charge in [0.1, 0.15) is 12.0 Å². The van der Waals surface area contributed by atoms with E-state index < -0.39 is 10.0 Å². The van der Waals surface area contributed by atoms with Gasteiger partial charge in [-0.1, -0.05) is 41.4 Å². The molecule has 2 heterocycles. The number of aryl methyl sites for hydroxylation is 1. The summed E-state index contributed by atoms with van der Waals surface area (Å²) in [5, 5.41) is 0.598. The normalized spacial score (nSPS) is 17.9. The summed E-state index contributed by atoms with van der Waals surface area (Å²) in [6, 6.07) is 11.8. The van der Waals surface area contributed by atoms with Crippen LogP contribution in [0.3, 0.4) is 0 Å². The first-order valence-corrected chi connectivity index (χ1v) is 11.7. The Bertz CT molecular complexity index is 1110. The number of benzene rings is 2. The number of rotatable bonds is 4. The molecule has 0 aliphatic carbocycles. The zero-order valence-electron chi connectivity index (χ0n) is 14.8. The third-order valence-corrected chi connectivity index (χ3v) is 8.27. The van der Waals surface area contributed by atoms with Crippen LogP contribution in [0, 0.1) is 6.92 Å². The van der Waals surface area contributed by atoms with Crippen molar-refractivity contribution < 1.29 is 12.8 Å². The fourth-order valence-corrected chi connectivity index (χ4v) is 6.92. The molecule has 1 atom stereocenters. The smallest absolute Gasteiger partial charge is 0.244 e. The minimum Gasteiger partial charge on any atom is -0.449 e. The van der Waals surface area contributed by atoms with E-state index >= 15 is 0 Å². The minimum atomic E-state index is -3.68. The fraction of sp³-hybridized carbons (Fsp3) is 0.211. The third kappa shape index (κ3) is 3.69. The molecule has 28 heavy (non-hydrogen) atoms. The van der Waals surface area contributed by atoms with E-state index in [0.29, 0.717) is 33.9 Å². The molecule has 1 aliphatic rings. The van der Waals surface area contributed by atoms with Crippen LogP contribution in [-0.2, 0) is 10.0 Å². The van der Waals surface area contributed by atoms with Gasteiger partial charge in [-0.05, 0) is 29.8 Å². The number of nitrogens with zero attached hydrogens (tertiary/aromatic N) is 2. The molecule has 2 aromatic carbocycles. The molecule has 0 radical (unpaired) electrons. The van der Waals surface area contributed by atoms with Crippen LogP contribution in [0.5, 0.6) is 0 Å². The number of oxazole rings is 1. The SMILES string of the molecule is Cc1nc(-c2ccc(S(=O)(=O)N3CCSC3c3ccc(Cl)cc3Cl)cc2)co1. The van der Waals surface area contributed by atoms with Crippen molar-refractivity contribution in [3.05, 3.63) is 70.2 Å². The lowest BCUT2D eigenvalue weighted by atomic mass is 10.2. The lowest BCUT2D eigenvalue weighted by Crippen LogP contribution is -2.30. The average Bonchev–Trinajstić information content (AvgIpc) is 3.31. The molecule has 1 saturated heterocycles. The van der Waals surface area contributed by atoms with Crippen LogP contribution >= 0.6 is 35.0 Å². The number of sulfonamides is 1. The summed E-state index contributed by atoms with van der Waals surface area (Å²) < 4.78 is 33.2. The maximum Gasteiger partial charge on any atom is 0.244 e. The first kappa shape index (κ1) is 19.8. The molecule has 0 bridgehead atoms. The molecule has 5 nitrogen and oxygen atoms in total. The van der Waals surface area contributed by atoms with E-state index in [4.69, 9.17) is 27.6 Å². The summed E-state index contributed by atoms with van der Waals surface area (Å²) >= 11 is 13.8. The Morgan fingerprint density at radius 3 is 2.57 bits per heavy atom. The highest BCUT2D eigenvalue weighted by atomic mass is 35.5. The van der Waals surface area contributed by atoms with Gasteiger partial charge in [-0.2, -0.15) is 4.31 Å². The summed E-state index contributed by atoms with van der Waals surface area (Å²) in [6.07, 6.45) is 1.55. The predicted octanol–water partition coefficient (Wildman–Crippen LogP) is 5.39. The third-order valence-electron chi connectivity index (χ3n) is 4.45. The lowest BCUT2D eigenvalue weighted by molar-refractivity contribution is 0.434. The molecule has 1 aliphatic heterocycles. The predicted molar refractivity (Wildman–Crippen MR) is 112 cm³/mol. The molecule has 3 aromatic rings. The van der Waals surface area contributed by atoms with Crippen molar-refractivity contribution >= 4 is 45.0 Å². The zero-order valence-corrected chi connectivity index (χ0v) is 17.9. The highest BCUT2D eigenvalue weighted by Gasteiger charge is 2.37. The van der Waals surface area contributed by atoms with Crippen molar-refractivity contribution in [1.82, 2.24) is 9.29 Å². The highest BCUT2D eigenvalue weighted by molar-refractivity contribution is 8.01. The van der Waals surface area contributed by atoms with Crippen molar-refractivity contribution in [3.63, 3.8) is 0 Å². The fourth-order valence-electron chi connectivity index (χ4n) is 3.08. The summed E-state index contributed by atoms with van der Waals surface area (Å²) in [5.41, 5.74) is 2.21. The molecule has 1 unspecified atom stereocenters. The summed E-state index contributed by atoms with van der Waals surface area (Å²) in [7, 11) is -3.68. The Kier molecular flexibility index (Phi) is 5.46. The van der Waals surface area contributed by atoms with Gasteiger partial charge < -0.3 is 4.42 Å². The van der Waals surface area contributed by atoms with Gasteiger partial charge in [-0.15, -0.1) is 11.8 Å². The minimum absolute atomic E-state index is 0.231. The largest absolute Gasteiger partial charge is 0.449 e. The Morgan fingerprint density at radius 2 is 1.93 bits per heavy atom. The molecule has 0 spiro atoms. The van der Waals surface area contributed by atoms with Crippen LogP contribution in [0.1, 0.15) is 16.8 Å². The van der Waals surface area contributed by atoms with E-state index in [0.717, 1.165) is 11.1 Å².